The van der Waals surface area contributed by atoms with Crippen LogP contribution in [0.25, 0.3) is 11.3 Å². The van der Waals surface area contributed by atoms with Crippen LogP contribution in [0.1, 0.15) is 36.6 Å². The molecule has 2 nitrogen and oxygen atoms in total. The molecule has 0 atom stereocenters. The molecule has 0 N–H and O–H groups in total. The molecule has 2 rings (SSSR count). The fraction of sp³-hybridized carbons (Fsp3) is 0.294. The van der Waals surface area contributed by atoms with Gasteiger partial charge >= 0.3 is 0 Å². The number of aromatic nitrogens is 1. The minimum absolute atomic E-state index is 0.422. The van der Waals surface area contributed by atoms with E-state index >= 15 is 0 Å². The zero-order valence-corrected chi connectivity index (χ0v) is 11.6. The molecular weight excluding hydrogens is 232 g/mol. The van der Waals surface area contributed by atoms with Gasteiger partial charge in [0, 0.05) is 11.3 Å². The van der Waals surface area contributed by atoms with Gasteiger partial charge in [-0.15, -0.1) is 0 Å². The van der Waals surface area contributed by atoms with Crippen LogP contribution < -0.4 is 0 Å². The van der Waals surface area contributed by atoms with Crippen LogP contribution in [0.2, 0.25) is 0 Å². The molecule has 19 heavy (non-hydrogen) atoms. The highest BCUT2D eigenvalue weighted by Gasteiger charge is 2.05. The average molecular weight is 250 g/mol. The van der Waals surface area contributed by atoms with Crippen molar-refractivity contribution in [2.24, 2.45) is 0 Å². The molecule has 0 spiro atoms. The molecule has 0 amide bonds. The smallest absolute Gasteiger partial charge is 0.0705 e. The summed E-state index contributed by atoms with van der Waals surface area (Å²) in [4.78, 5) is 4.59. The summed E-state index contributed by atoms with van der Waals surface area (Å²) in [6.07, 6.45) is 0.422. The first-order valence-corrected chi connectivity index (χ1v) is 6.55. The van der Waals surface area contributed by atoms with Crippen molar-refractivity contribution < 1.29 is 0 Å². The number of rotatable bonds is 3. The molecule has 0 aliphatic heterocycles. The second-order valence-electron chi connectivity index (χ2n) is 5.05. The van der Waals surface area contributed by atoms with Crippen LogP contribution in [0.3, 0.4) is 0 Å². The summed E-state index contributed by atoms with van der Waals surface area (Å²) in [5.41, 5.74) is 5.36. The number of hydrogen-bond donors (Lipinski definition) is 0. The van der Waals surface area contributed by atoms with E-state index in [2.05, 4.69) is 49.2 Å². The third kappa shape index (κ3) is 3.00. The van der Waals surface area contributed by atoms with Crippen LogP contribution in [-0.2, 0) is 6.42 Å². The highest BCUT2D eigenvalue weighted by atomic mass is 14.7. The monoisotopic (exact) mass is 250 g/mol. The summed E-state index contributed by atoms with van der Waals surface area (Å²) in [6, 6.07) is 14.7. The summed E-state index contributed by atoms with van der Waals surface area (Å²) in [5.74, 6) is 0.543. The lowest BCUT2D eigenvalue weighted by molar-refractivity contribution is 0.867. The van der Waals surface area contributed by atoms with E-state index in [1.807, 2.05) is 19.1 Å². The van der Waals surface area contributed by atoms with Crippen molar-refractivity contribution in [3.8, 4) is 17.3 Å². The fourth-order valence-electron chi connectivity index (χ4n) is 2.06. The van der Waals surface area contributed by atoms with Crippen molar-refractivity contribution in [2.45, 2.75) is 33.1 Å². The first-order valence-electron chi connectivity index (χ1n) is 6.55. The molecule has 0 saturated carbocycles. The minimum Gasteiger partial charge on any atom is -0.253 e. The Labute approximate surface area is 114 Å². The fourth-order valence-corrected chi connectivity index (χ4v) is 2.06. The molecule has 0 aliphatic rings. The standard InChI is InChI=1S/C17H18N2/c1-12(2)14-4-6-16(7-5-14)17-9-8-15(10-11-18)13(3)19-17/h4-9,12H,10H2,1-3H3. The maximum atomic E-state index is 8.74. The molecule has 0 unspecified atom stereocenters. The molecule has 0 saturated heterocycles. The lowest BCUT2D eigenvalue weighted by Gasteiger charge is -2.08. The quantitative estimate of drug-likeness (QED) is 0.816. The first-order chi connectivity index (χ1) is 9.11. The zero-order valence-electron chi connectivity index (χ0n) is 11.6. The maximum absolute atomic E-state index is 8.74. The Bertz CT molecular complexity index is 604. The Morgan fingerprint density at radius 1 is 1.11 bits per heavy atom. The second kappa shape index (κ2) is 5.67. The van der Waals surface area contributed by atoms with Gasteiger partial charge in [-0.1, -0.05) is 44.2 Å². The van der Waals surface area contributed by atoms with Gasteiger partial charge in [-0.2, -0.15) is 5.26 Å². The molecule has 0 fully saturated rings. The second-order valence-corrected chi connectivity index (χ2v) is 5.05. The van der Waals surface area contributed by atoms with Crippen molar-refractivity contribution in [3.05, 3.63) is 53.2 Å². The predicted molar refractivity (Wildman–Crippen MR) is 77.8 cm³/mol. The summed E-state index contributed by atoms with van der Waals surface area (Å²) in [7, 11) is 0. The van der Waals surface area contributed by atoms with Crippen LogP contribution in [0.5, 0.6) is 0 Å². The van der Waals surface area contributed by atoms with E-state index in [1.54, 1.807) is 0 Å². The van der Waals surface area contributed by atoms with Gasteiger partial charge in [0.1, 0.15) is 0 Å². The Hall–Kier alpha value is -2.14. The van der Waals surface area contributed by atoms with E-state index in [9.17, 15) is 0 Å². The van der Waals surface area contributed by atoms with E-state index < -0.39 is 0 Å². The van der Waals surface area contributed by atoms with Gasteiger partial charge in [0.15, 0.2) is 0 Å². The lowest BCUT2D eigenvalue weighted by atomic mass is 10.00. The van der Waals surface area contributed by atoms with E-state index in [4.69, 9.17) is 5.26 Å². The molecule has 2 aromatic rings. The van der Waals surface area contributed by atoms with Crippen molar-refractivity contribution in [2.75, 3.05) is 0 Å². The molecule has 0 aliphatic carbocycles. The van der Waals surface area contributed by atoms with Gasteiger partial charge in [0.25, 0.3) is 0 Å². The number of nitriles is 1. The van der Waals surface area contributed by atoms with Crippen LogP contribution in [0.4, 0.5) is 0 Å². The summed E-state index contributed by atoms with van der Waals surface area (Å²) in [6.45, 7) is 6.33. The number of hydrogen-bond acceptors (Lipinski definition) is 2. The molecule has 1 aromatic carbocycles. The number of pyridine rings is 1. The molecule has 0 bridgehead atoms. The summed E-state index contributed by atoms with van der Waals surface area (Å²) >= 11 is 0. The van der Waals surface area contributed by atoms with Crippen molar-refractivity contribution in [1.29, 1.82) is 5.26 Å². The SMILES string of the molecule is Cc1nc(-c2ccc(C(C)C)cc2)ccc1CC#N. The molecule has 96 valence electrons. The third-order valence-electron chi connectivity index (χ3n) is 3.34. The molecule has 1 aromatic heterocycles. The van der Waals surface area contributed by atoms with Crippen LogP contribution >= 0.6 is 0 Å². The Morgan fingerprint density at radius 3 is 2.32 bits per heavy atom. The van der Waals surface area contributed by atoms with E-state index in [-0.39, 0.29) is 0 Å². The lowest BCUT2D eigenvalue weighted by Crippen LogP contribution is -1.94. The average Bonchev–Trinajstić information content (AvgIpc) is 2.41. The highest BCUT2D eigenvalue weighted by Crippen LogP contribution is 2.22. The van der Waals surface area contributed by atoms with Gasteiger partial charge in [-0.3, -0.25) is 4.98 Å². The Kier molecular flexibility index (Phi) is 3.97. The van der Waals surface area contributed by atoms with Crippen molar-refractivity contribution in [1.82, 2.24) is 4.98 Å². The normalized spacial score (nSPS) is 10.5. The van der Waals surface area contributed by atoms with Crippen LogP contribution in [0, 0.1) is 18.3 Å². The zero-order chi connectivity index (χ0) is 13.8. The van der Waals surface area contributed by atoms with Crippen molar-refractivity contribution in [3.63, 3.8) is 0 Å². The molecule has 1 heterocycles. The molecular formula is C17H18N2. The van der Waals surface area contributed by atoms with Crippen LogP contribution in [0.15, 0.2) is 36.4 Å². The van der Waals surface area contributed by atoms with E-state index in [0.717, 1.165) is 22.5 Å². The van der Waals surface area contributed by atoms with Gasteiger partial charge in [-0.25, -0.2) is 0 Å². The Balaban J connectivity index is 2.32. The summed E-state index contributed by atoms with van der Waals surface area (Å²) in [5, 5.41) is 8.74. The van der Waals surface area contributed by atoms with Crippen LogP contribution in [-0.4, -0.2) is 4.98 Å². The van der Waals surface area contributed by atoms with E-state index in [1.165, 1.54) is 5.56 Å². The van der Waals surface area contributed by atoms with Gasteiger partial charge in [0.05, 0.1) is 18.2 Å². The number of benzene rings is 1. The molecule has 0 radical (unpaired) electrons. The largest absolute Gasteiger partial charge is 0.253 e. The van der Waals surface area contributed by atoms with Gasteiger partial charge < -0.3 is 0 Å². The van der Waals surface area contributed by atoms with Gasteiger partial charge in [0.2, 0.25) is 0 Å². The van der Waals surface area contributed by atoms with E-state index in [0.29, 0.717) is 12.3 Å². The maximum Gasteiger partial charge on any atom is 0.0705 e. The third-order valence-corrected chi connectivity index (χ3v) is 3.34. The number of aryl methyl sites for hydroxylation is 1. The van der Waals surface area contributed by atoms with Crippen molar-refractivity contribution >= 4 is 0 Å². The van der Waals surface area contributed by atoms with Gasteiger partial charge in [-0.05, 0) is 30.0 Å². The highest BCUT2D eigenvalue weighted by molar-refractivity contribution is 5.60. The number of nitrogens with zero attached hydrogens (tertiary/aromatic N) is 2. The predicted octanol–water partition coefficient (Wildman–Crippen LogP) is 4.25. The molecule has 2 heteroatoms. The Morgan fingerprint density at radius 2 is 1.79 bits per heavy atom. The summed E-state index contributed by atoms with van der Waals surface area (Å²) < 4.78 is 0. The topological polar surface area (TPSA) is 36.7 Å². The minimum atomic E-state index is 0.422. The first kappa shape index (κ1) is 13.3.